The molecule has 3 heterocycles. The van der Waals surface area contributed by atoms with Gasteiger partial charge >= 0.3 is 8.80 Å². The van der Waals surface area contributed by atoms with Crippen LogP contribution in [-0.4, -0.2) is 61.2 Å². The third kappa shape index (κ3) is 4.15. The fourth-order valence-corrected chi connectivity index (χ4v) is 8.31. The molecular formula is C11H25NO3Si2. The Balaban J connectivity index is 1.98. The maximum atomic E-state index is 6.01. The van der Waals surface area contributed by atoms with Crippen LogP contribution in [0.1, 0.15) is 0 Å². The molecule has 2 bridgehead atoms. The van der Waals surface area contributed by atoms with Gasteiger partial charge in [-0.1, -0.05) is 25.7 Å². The zero-order chi connectivity index (χ0) is 12.4. The van der Waals surface area contributed by atoms with E-state index in [1.165, 1.54) is 6.04 Å². The molecule has 3 rings (SSSR count). The first kappa shape index (κ1) is 13.7. The van der Waals surface area contributed by atoms with E-state index in [0.717, 1.165) is 45.5 Å². The van der Waals surface area contributed by atoms with Crippen LogP contribution in [0.4, 0.5) is 0 Å². The van der Waals surface area contributed by atoms with Crippen molar-refractivity contribution >= 4 is 16.9 Å². The molecule has 3 fully saturated rings. The third-order valence-electron chi connectivity index (χ3n) is 3.37. The minimum atomic E-state index is -2.33. The van der Waals surface area contributed by atoms with Crippen LogP contribution in [0.2, 0.25) is 31.7 Å². The van der Waals surface area contributed by atoms with Gasteiger partial charge < -0.3 is 13.3 Å². The maximum Gasteiger partial charge on any atom is 0.500 e. The largest absolute Gasteiger partial charge is 0.500 e. The fraction of sp³-hybridized carbons (Fsp3) is 1.00. The highest BCUT2D eigenvalue weighted by molar-refractivity contribution is 6.77. The van der Waals surface area contributed by atoms with E-state index in [-0.39, 0.29) is 0 Å². The van der Waals surface area contributed by atoms with Crippen LogP contribution in [0, 0.1) is 0 Å². The van der Waals surface area contributed by atoms with E-state index in [1.807, 2.05) is 0 Å². The molecule has 0 aromatic rings. The predicted molar refractivity (Wildman–Crippen MR) is 73.0 cm³/mol. The summed E-state index contributed by atoms with van der Waals surface area (Å²) in [5.74, 6) is 0. The number of hydrogen-bond donors (Lipinski definition) is 0. The van der Waals surface area contributed by atoms with Crippen LogP contribution in [0.3, 0.4) is 0 Å². The smallest absolute Gasteiger partial charge is 0.372 e. The van der Waals surface area contributed by atoms with Crippen molar-refractivity contribution in [2.24, 2.45) is 0 Å². The Bertz CT molecular complexity index is 231. The second-order valence-electron chi connectivity index (χ2n) is 6.13. The van der Waals surface area contributed by atoms with Gasteiger partial charge in [-0.05, 0) is 0 Å². The molecule has 4 nitrogen and oxygen atoms in total. The molecular weight excluding hydrogens is 250 g/mol. The number of nitrogens with zero attached hydrogens (tertiary/aromatic N) is 1. The molecule has 0 amide bonds. The van der Waals surface area contributed by atoms with E-state index in [2.05, 4.69) is 24.5 Å². The van der Waals surface area contributed by atoms with E-state index in [0.29, 0.717) is 0 Å². The van der Waals surface area contributed by atoms with Crippen LogP contribution >= 0.6 is 0 Å². The first-order chi connectivity index (χ1) is 7.99. The lowest BCUT2D eigenvalue weighted by Gasteiger charge is -2.38. The van der Waals surface area contributed by atoms with Gasteiger partial charge in [0.15, 0.2) is 0 Å². The molecule has 0 atom stereocenters. The van der Waals surface area contributed by atoms with Crippen molar-refractivity contribution in [3.8, 4) is 0 Å². The van der Waals surface area contributed by atoms with Gasteiger partial charge in [-0.25, -0.2) is 0 Å². The average molecular weight is 275 g/mol. The van der Waals surface area contributed by atoms with Crippen molar-refractivity contribution < 1.29 is 13.3 Å². The number of rotatable bonds is 3. The molecule has 0 aromatic carbocycles. The van der Waals surface area contributed by atoms with Crippen molar-refractivity contribution in [2.45, 2.75) is 31.7 Å². The normalized spacial score (nSPS) is 35.1. The summed E-state index contributed by atoms with van der Waals surface area (Å²) in [7, 11) is -3.38. The summed E-state index contributed by atoms with van der Waals surface area (Å²) >= 11 is 0. The first-order valence-electron chi connectivity index (χ1n) is 6.63. The summed E-state index contributed by atoms with van der Waals surface area (Å²) < 4.78 is 18.0. The van der Waals surface area contributed by atoms with Crippen LogP contribution in [0.15, 0.2) is 0 Å². The van der Waals surface area contributed by atoms with Crippen molar-refractivity contribution in [1.82, 2.24) is 4.90 Å². The fourth-order valence-electron chi connectivity index (χ4n) is 2.20. The zero-order valence-electron chi connectivity index (χ0n) is 11.3. The standard InChI is InChI=1S/C11H25NO3Si2/c1-16(2,3)10-11-17-13-7-4-12(5-8-14-17)6-9-15-17/h4-11H2,1-3H3. The summed E-state index contributed by atoms with van der Waals surface area (Å²) in [6.07, 6.45) is 0. The van der Waals surface area contributed by atoms with Gasteiger partial charge in [0.25, 0.3) is 0 Å². The van der Waals surface area contributed by atoms with Crippen LogP contribution in [-0.2, 0) is 13.3 Å². The Morgan fingerprint density at radius 3 is 1.82 bits per heavy atom. The molecule has 0 aliphatic carbocycles. The first-order valence-corrected chi connectivity index (χ1v) is 12.3. The SMILES string of the molecule is C[Si](C)(C)CC[Si]12OCCN(CCO1)CCO2. The van der Waals surface area contributed by atoms with Crippen LogP contribution in [0.25, 0.3) is 0 Å². The molecule has 0 unspecified atom stereocenters. The van der Waals surface area contributed by atoms with Crippen molar-refractivity contribution in [3.05, 3.63) is 0 Å². The molecule has 3 aliphatic rings. The molecule has 0 N–H and O–H groups in total. The second kappa shape index (κ2) is 5.50. The molecule has 0 saturated carbocycles. The Morgan fingerprint density at radius 2 is 1.41 bits per heavy atom. The monoisotopic (exact) mass is 275 g/mol. The van der Waals surface area contributed by atoms with Gasteiger partial charge in [-0.3, -0.25) is 4.90 Å². The maximum absolute atomic E-state index is 6.01. The van der Waals surface area contributed by atoms with E-state index < -0.39 is 16.9 Å². The van der Waals surface area contributed by atoms with Gasteiger partial charge in [-0.15, -0.1) is 0 Å². The van der Waals surface area contributed by atoms with E-state index in [4.69, 9.17) is 13.3 Å². The minimum absolute atomic E-state index is 0.776. The van der Waals surface area contributed by atoms with E-state index in [1.54, 1.807) is 0 Å². The third-order valence-corrected chi connectivity index (χ3v) is 8.41. The van der Waals surface area contributed by atoms with Crippen molar-refractivity contribution in [3.63, 3.8) is 0 Å². The highest BCUT2D eigenvalue weighted by atomic mass is 28.4. The molecule has 0 spiro atoms. The summed E-state index contributed by atoms with van der Waals surface area (Å²) in [5.41, 5.74) is 0. The van der Waals surface area contributed by atoms with Gasteiger partial charge in [-0.2, -0.15) is 0 Å². The number of fused-ring (bicyclic) bond motifs is 6. The second-order valence-corrected chi connectivity index (χ2v) is 14.5. The van der Waals surface area contributed by atoms with Gasteiger partial charge in [0.1, 0.15) is 0 Å². The highest BCUT2D eigenvalue weighted by Gasteiger charge is 2.44. The highest BCUT2D eigenvalue weighted by Crippen LogP contribution is 2.25. The molecule has 0 aromatic heterocycles. The molecule has 3 aliphatic heterocycles. The minimum Gasteiger partial charge on any atom is -0.372 e. The Morgan fingerprint density at radius 1 is 0.941 bits per heavy atom. The average Bonchev–Trinajstić information content (AvgIpc) is 2.12. The van der Waals surface area contributed by atoms with Gasteiger partial charge in [0, 0.05) is 33.8 Å². The predicted octanol–water partition coefficient (Wildman–Crippen LogP) is 1.64. The lowest BCUT2D eigenvalue weighted by Crippen LogP contribution is -2.55. The topological polar surface area (TPSA) is 30.9 Å². The molecule has 6 heteroatoms. The molecule has 3 saturated heterocycles. The zero-order valence-corrected chi connectivity index (χ0v) is 13.3. The van der Waals surface area contributed by atoms with Crippen LogP contribution < -0.4 is 0 Å². The quantitative estimate of drug-likeness (QED) is 0.733. The number of hydrogen-bond acceptors (Lipinski definition) is 4. The van der Waals surface area contributed by atoms with Crippen molar-refractivity contribution in [1.29, 1.82) is 0 Å². The molecule has 17 heavy (non-hydrogen) atoms. The van der Waals surface area contributed by atoms with Gasteiger partial charge in [0.05, 0.1) is 19.8 Å². The van der Waals surface area contributed by atoms with Gasteiger partial charge in [0.2, 0.25) is 0 Å². The summed E-state index contributed by atoms with van der Waals surface area (Å²) in [4.78, 5) is 2.36. The molecule has 100 valence electrons. The Hall–Kier alpha value is 0.274. The summed E-state index contributed by atoms with van der Waals surface area (Å²) in [6.45, 7) is 12.6. The van der Waals surface area contributed by atoms with E-state index >= 15 is 0 Å². The molecule has 0 radical (unpaired) electrons. The Labute approximate surface area is 107 Å². The van der Waals surface area contributed by atoms with Crippen LogP contribution in [0.5, 0.6) is 0 Å². The summed E-state index contributed by atoms with van der Waals surface area (Å²) in [6, 6.07) is 2.26. The van der Waals surface area contributed by atoms with E-state index in [9.17, 15) is 0 Å². The lowest BCUT2D eigenvalue weighted by atomic mass is 10.4. The lowest BCUT2D eigenvalue weighted by molar-refractivity contribution is -0.00754. The van der Waals surface area contributed by atoms with Crippen molar-refractivity contribution in [2.75, 3.05) is 39.5 Å². The summed E-state index contributed by atoms with van der Waals surface area (Å²) in [5, 5.41) is 0. The Kier molecular flexibility index (Phi) is 4.43.